The first-order valence-corrected chi connectivity index (χ1v) is 7.11. The van der Waals surface area contributed by atoms with Gasteiger partial charge in [-0.15, -0.1) is 0 Å². The molecule has 0 aliphatic carbocycles. The lowest BCUT2D eigenvalue weighted by Gasteiger charge is -2.19. The minimum absolute atomic E-state index is 0.143. The zero-order valence-electron chi connectivity index (χ0n) is 12.2. The molecule has 3 aromatic rings. The van der Waals surface area contributed by atoms with Crippen molar-refractivity contribution in [1.29, 1.82) is 0 Å². The molecule has 0 radical (unpaired) electrons. The molecule has 1 nitrogen and oxygen atoms in total. The van der Waals surface area contributed by atoms with Gasteiger partial charge in [-0.1, -0.05) is 48.5 Å². The van der Waals surface area contributed by atoms with Gasteiger partial charge in [0.2, 0.25) is 0 Å². The molecular formula is C19H18FN. The Kier molecular flexibility index (Phi) is 3.72. The van der Waals surface area contributed by atoms with Gasteiger partial charge in [0.1, 0.15) is 5.82 Å². The summed E-state index contributed by atoms with van der Waals surface area (Å²) in [5.41, 5.74) is 2.68. The van der Waals surface area contributed by atoms with Crippen molar-refractivity contribution in [3.05, 3.63) is 83.2 Å². The van der Waals surface area contributed by atoms with Crippen LogP contribution in [0.3, 0.4) is 0 Å². The monoisotopic (exact) mass is 279 g/mol. The van der Waals surface area contributed by atoms with Gasteiger partial charge in [-0.25, -0.2) is 4.39 Å². The molecule has 0 aliphatic rings. The van der Waals surface area contributed by atoms with E-state index in [0.717, 1.165) is 11.1 Å². The summed E-state index contributed by atoms with van der Waals surface area (Å²) < 4.78 is 14.2. The van der Waals surface area contributed by atoms with E-state index in [4.69, 9.17) is 0 Å². The molecule has 0 bridgehead atoms. The van der Waals surface area contributed by atoms with Crippen molar-refractivity contribution in [1.82, 2.24) is 5.32 Å². The minimum atomic E-state index is -0.164. The molecule has 0 aliphatic heterocycles. The quantitative estimate of drug-likeness (QED) is 0.739. The lowest BCUT2D eigenvalue weighted by Crippen LogP contribution is -2.19. The van der Waals surface area contributed by atoms with E-state index in [1.807, 2.05) is 38.2 Å². The third-order valence-corrected chi connectivity index (χ3v) is 3.86. The van der Waals surface area contributed by atoms with Gasteiger partial charge in [-0.05, 0) is 48.0 Å². The van der Waals surface area contributed by atoms with Gasteiger partial charge in [0, 0.05) is 5.56 Å². The Morgan fingerprint density at radius 1 is 0.905 bits per heavy atom. The Morgan fingerprint density at radius 3 is 2.38 bits per heavy atom. The summed E-state index contributed by atoms with van der Waals surface area (Å²) in [4.78, 5) is 0. The summed E-state index contributed by atoms with van der Waals surface area (Å²) >= 11 is 0. The summed E-state index contributed by atoms with van der Waals surface area (Å²) in [5, 5.41) is 5.58. The molecular weight excluding hydrogens is 261 g/mol. The van der Waals surface area contributed by atoms with Gasteiger partial charge in [-0.2, -0.15) is 0 Å². The Balaban J connectivity index is 2.09. The molecule has 0 saturated carbocycles. The van der Waals surface area contributed by atoms with Gasteiger partial charge >= 0.3 is 0 Å². The van der Waals surface area contributed by atoms with Crippen LogP contribution < -0.4 is 5.32 Å². The Bertz CT molecular complexity index is 779. The van der Waals surface area contributed by atoms with Crippen molar-refractivity contribution in [2.75, 3.05) is 7.05 Å². The van der Waals surface area contributed by atoms with Crippen LogP contribution in [-0.2, 0) is 0 Å². The topological polar surface area (TPSA) is 12.0 Å². The van der Waals surface area contributed by atoms with Crippen molar-refractivity contribution in [2.24, 2.45) is 0 Å². The van der Waals surface area contributed by atoms with Gasteiger partial charge in [-0.3, -0.25) is 0 Å². The van der Waals surface area contributed by atoms with Gasteiger partial charge < -0.3 is 5.32 Å². The van der Waals surface area contributed by atoms with E-state index in [1.165, 1.54) is 10.8 Å². The molecule has 0 saturated heterocycles. The molecule has 0 fully saturated rings. The van der Waals surface area contributed by atoms with Crippen LogP contribution in [0.4, 0.5) is 4.39 Å². The van der Waals surface area contributed by atoms with Crippen molar-refractivity contribution in [3.63, 3.8) is 0 Å². The van der Waals surface area contributed by atoms with Gasteiger partial charge in [0.25, 0.3) is 0 Å². The van der Waals surface area contributed by atoms with Crippen LogP contribution in [0.5, 0.6) is 0 Å². The van der Waals surface area contributed by atoms with Crippen LogP contribution in [0.2, 0.25) is 0 Å². The van der Waals surface area contributed by atoms with E-state index in [2.05, 4.69) is 35.6 Å². The number of aryl methyl sites for hydroxylation is 1. The van der Waals surface area contributed by atoms with Crippen LogP contribution >= 0.6 is 0 Å². The molecule has 0 heterocycles. The average molecular weight is 279 g/mol. The maximum absolute atomic E-state index is 14.2. The predicted octanol–water partition coefficient (Wildman–Crippen LogP) is 4.60. The smallest absolute Gasteiger partial charge is 0.128 e. The molecule has 106 valence electrons. The Hall–Kier alpha value is -2.19. The standard InChI is InChI=1S/C19H18FN/c1-13-7-10-17(18(20)11-13)19(21-2)16-9-8-14-5-3-4-6-15(14)12-16/h3-12,19,21H,1-2H3. The lowest BCUT2D eigenvalue weighted by molar-refractivity contribution is 0.575. The molecule has 1 N–H and O–H groups in total. The summed E-state index contributed by atoms with van der Waals surface area (Å²) in [5.74, 6) is -0.164. The highest BCUT2D eigenvalue weighted by Gasteiger charge is 2.16. The zero-order chi connectivity index (χ0) is 14.8. The van der Waals surface area contributed by atoms with Gasteiger partial charge in [0.05, 0.1) is 6.04 Å². The maximum atomic E-state index is 14.2. The molecule has 21 heavy (non-hydrogen) atoms. The second-order valence-electron chi connectivity index (χ2n) is 5.35. The molecule has 2 heteroatoms. The molecule has 1 atom stereocenters. The van der Waals surface area contributed by atoms with E-state index >= 15 is 0 Å². The normalized spacial score (nSPS) is 12.5. The maximum Gasteiger partial charge on any atom is 0.128 e. The third kappa shape index (κ3) is 2.67. The second kappa shape index (κ2) is 5.66. The second-order valence-corrected chi connectivity index (χ2v) is 5.35. The lowest BCUT2D eigenvalue weighted by atomic mass is 9.95. The van der Waals surface area contributed by atoms with Crippen LogP contribution in [0.25, 0.3) is 10.8 Å². The number of rotatable bonds is 3. The zero-order valence-corrected chi connectivity index (χ0v) is 12.2. The van der Waals surface area contributed by atoms with E-state index in [-0.39, 0.29) is 11.9 Å². The fraction of sp³-hybridized carbons (Fsp3) is 0.158. The number of nitrogens with one attached hydrogen (secondary N) is 1. The first kappa shape index (κ1) is 13.8. The highest BCUT2D eigenvalue weighted by molar-refractivity contribution is 5.83. The first-order valence-electron chi connectivity index (χ1n) is 7.11. The predicted molar refractivity (Wildman–Crippen MR) is 86.0 cm³/mol. The number of benzene rings is 3. The fourth-order valence-corrected chi connectivity index (χ4v) is 2.76. The number of hydrogen-bond donors (Lipinski definition) is 1. The summed E-state index contributed by atoms with van der Waals surface area (Å²) in [6.45, 7) is 1.90. The molecule has 0 amide bonds. The SMILES string of the molecule is CNC(c1ccc2ccccc2c1)c1ccc(C)cc1F. The molecule has 3 rings (SSSR count). The van der Waals surface area contributed by atoms with E-state index in [0.29, 0.717) is 5.56 Å². The first-order chi connectivity index (χ1) is 10.2. The summed E-state index contributed by atoms with van der Waals surface area (Å²) in [6, 6.07) is 19.7. The van der Waals surface area contributed by atoms with E-state index in [1.54, 1.807) is 6.07 Å². The summed E-state index contributed by atoms with van der Waals surface area (Å²) in [6.07, 6.45) is 0. The minimum Gasteiger partial charge on any atom is -0.309 e. The Morgan fingerprint density at radius 2 is 1.67 bits per heavy atom. The average Bonchev–Trinajstić information content (AvgIpc) is 2.50. The Labute approximate surface area is 124 Å². The number of hydrogen-bond acceptors (Lipinski definition) is 1. The number of halogens is 1. The summed E-state index contributed by atoms with van der Waals surface area (Å²) in [7, 11) is 1.86. The van der Waals surface area contributed by atoms with Crippen LogP contribution in [-0.4, -0.2) is 7.05 Å². The highest BCUT2D eigenvalue weighted by atomic mass is 19.1. The van der Waals surface area contributed by atoms with Crippen molar-refractivity contribution >= 4 is 10.8 Å². The highest BCUT2D eigenvalue weighted by Crippen LogP contribution is 2.27. The molecule has 1 unspecified atom stereocenters. The van der Waals surface area contributed by atoms with Crippen molar-refractivity contribution in [3.8, 4) is 0 Å². The van der Waals surface area contributed by atoms with Crippen LogP contribution in [0.1, 0.15) is 22.7 Å². The fourth-order valence-electron chi connectivity index (χ4n) is 2.76. The largest absolute Gasteiger partial charge is 0.309 e. The molecule has 3 aromatic carbocycles. The van der Waals surface area contributed by atoms with E-state index in [9.17, 15) is 4.39 Å². The third-order valence-electron chi connectivity index (χ3n) is 3.86. The number of fused-ring (bicyclic) bond motifs is 1. The van der Waals surface area contributed by atoms with E-state index < -0.39 is 0 Å². The molecule has 0 spiro atoms. The van der Waals surface area contributed by atoms with Crippen LogP contribution in [0.15, 0.2) is 60.7 Å². The van der Waals surface area contributed by atoms with Gasteiger partial charge in [0.15, 0.2) is 0 Å². The van der Waals surface area contributed by atoms with Crippen molar-refractivity contribution in [2.45, 2.75) is 13.0 Å². The molecule has 0 aromatic heterocycles. The van der Waals surface area contributed by atoms with Crippen LogP contribution in [0, 0.1) is 12.7 Å². The van der Waals surface area contributed by atoms with Crippen molar-refractivity contribution < 1.29 is 4.39 Å².